The number of carbonyl (C=O) groups is 3. The lowest BCUT2D eigenvalue weighted by atomic mass is 10.1. The van der Waals surface area contributed by atoms with Crippen molar-refractivity contribution in [3.8, 4) is 0 Å². The number of benzene rings is 1. The second-order valence-electron chi connectivity index (χ2n) is 5.46. The molecule has 0 spiro atoms. The lowest BCUT2D eigenvalue weighted by molar-refractivity contribution is -0.151. The van der Waals surface area contributed by atoms with Gasteiger partial charge in [0.25, 0.3) is 0 Å². The number of hydrogen-bond donors (Lipinski definition) is 0. The summed E-state index contributed by atoms with van der Waals surface area (Å²) in [6.45, 7) is 2.46. The van der Waals surface area contributed by atoms with Crippen molar-refractivity contribution in [3.63, 3.8) is 0 Å². The third kappa shape index (κ3) is 4.55. The molecule has 6 heteroatoms. The Morgan fingerprint density at radius 1 is 1.35 bits per heavy atom. The van der Waals surface area contributed by atoms with E-state index in [0.717, 1.165) is 12.0 Å². The molecule has 1 heterocycles. The Hall–Kier alpha value is -2.37. The van der Waals surface area contributed by atoms with Gasteiger partial charge in [-0.25, -0.2) is 0 Å². The van der Waals surface area contributed by atoms with Crippen molar-refractivity contribution < 1.29 is 19.1 Å². The Bertz CT molecular complexity index is 547. The quantitative estimate of drug-likeness (QED) is 0.560. The summed E-state index contributed by atoms with van der Waals surface area (Å²) in [4.78, 5) is 38.5. The van der Waals surface area contributed by atoms with Crippen LogP contribution in [-0.4, -0.2) is 53.9 Å². The molecule has 0 radical (unpaired) electrons. The molecule has 124 valence electrons. The highest BCUT2D eigenvalue weighted by Gasteiger charge is 2.33. The van der Waals surface area contributed by atoms with E-state index in [0.29, 0.717) is 25.8 Å². The first-order chi connectivity index (χ1) is 11.2. The largest absolute Gasteiger partial charge is 0.465 e. The molecule has 0 aliphatic carbocycles. The van der Waals surface area contributed by atoms with E-state index < -0.39 is 5.97 Å². The van der Waals surface area contributed by atoms with Crippen molar-refractivity contribution in [1.29, 1.82) is 0 Å². The Balaban J connectivity index is 2.01. The summed E-state index contributed by atoms with van der Waals surface area (Å²) in [6, 6.07) is 9.49. The standard InChI is InChI=1S/C17H22N2O4/c1-2-23-17(22)12-18(13-20)15-9-6-10-19(15)16(21)11-14-7-4-3-5-8-14/h3-5,7-8,13,15H,2,6,9-12H2,1H3. The molecule has 2 amide bonds. The van der Waals surface area contributed by atoms with E-state index in [4.69, 9.17) is 4.74 Å². The molecule has 0 bridgehead atoms. The molecule has 6 nitrogen and oxygen atoms in total. The summed E-state index contributed by atoms with van der Waals surface area (Å²) in [5, 5.41) is 0. The second-order valence-corrected chi connectivity index (χ2v) is 5.46. The van der Waals surface area contributed by atoms with E-state index in [2.05, 4.69) is 0 Å². The van der Waals surface area contributed by atoms with Crippen LogP contribution in [-0.2, 0) is 25.5 Å². The molecule has 1 saturated heterocycles. The fraction of sp³-hybridized carbons (Fsp3) is 0.471. The fourth-order valence-electron chi connectivity index (χ4n) is 2.83. The molecule has 1 aliphatic heterocycles. The lowest BCUT2D eigenvalue weighted by Crippen LogP contribution is -2.49. The molecular weight excluding hydrogens is 296 g/mol. The van der Waals surface area contributed by atoms with E-state index in [1.54, 1.807) is 11.8 Å². The molecule has 0 N–H and O–H groups in total. The predicted molar refractivity (Wildman–Crippen MR) is 84.3 cm³/mol. The van der Waals surface area contributed by atoms with Crippen LogP contribution in [0.15, 0.2) is 30.3 Å². The van der Waals surface area contributed by atoms with Crippen molar-refractivity contribution in [3.05, 3.63) is 35.9 Å². The number of nitrogens with zero attached hydrogens (tertiary/aromatic N) is 2. The monoisotopic (exact) mass is 318 g/mol. The van der Waals surface area contributed by atoms with E-state index in [1.165, 1.54) is 4.90 Å². The maximum Gasteiger partial charge on any atom is 0.325 e. The van der Waals surface area contributed by atoms with E-state index >= 15 is 0 Å². The molecular formula is C17H22N2O4. The minimum atomic E-state index is -0.457. The van der Waals surface area contributed by atoms with Crippen LogP contribution < -0.4 is 0 Å². The Labute approximate surface area is 136 Å². The maximum atomic E-state index is 12.5. The van der Waals surface area contributed by atoms with Gasteiger partial charge in [0.15, 0.2) is 0 Å². The number of rotatable bonds is 7. The lowest BCUT2D eigenvalue weighted by Gasteiger charge is -2.32. The minimum Gasteiger partial charge on any atom is -0.465 e. The van der Waals surface area contributed by atoms with Crippen molar-refractivity contribution >= 4 is 18.3 Å². The first kappa shape index (κ1) is 17.0. The first-order valence-electron chi connectivity index (χ1n) is 7.85. The third-order valence-corrected chi connectivity index (χ3v) is 3.87. The van der Waals surface area contributed by atoms with Gasteiger partial charge >= 0.3 is 5.97 Å². The van der Waals surface area contributed by atoms with Gasteiger partial charge in [-0.15, -0.1) is 0 Å². The van der Waals surface area contributed by atoms with Crippen LogP contribution >= 0.6 is 0 Å². The van der Waals surface area contributed by atoms with E-state index in [9.17, 15) is 14.4 Å². The number of esters is 1. The van der Waals surface area contributed by atoms with E-state index in [-0.39, 0.29) is 25.2 Å². The summed E-state index contributed by atoms with van der Waals surface area (Å²) in [5.74, 6) is -0.489. The van der Waals surface area contributed by atoms with Crippen LogP contribution in [0.25, 0.3) is 0 Å². The fourth-order valence-corrected chi connectivity index (χ4v) is 2.83. The zero-order chi connectivity index (χ0) is 16.7. The van der Waals surface area contributed by atoms with Gasteiger partial charge in [0.1, 0.15) is 12.7 Å². The summed E-state index contributed by atoms with van der Waals surface area (Å²) in [6.07, 6.45) is 2.05. The Kier molecular flexibility index (Phi) is 6.14. The average Bonchev–Trinajstić information content (AvgIpc) is 3.03. The van der Waals surface area contributed by atoms with Gasteiger partial charge in [0.2, 0.25) is 12.3 Å². The SMILES string of the molecule is CCOC(=O)CN(C=O)C1CCCN1C(=O)Cc1ccccc1. The molecule has 1 aromatic rings. The van der Waals surface area contributed by atoms with Crippen molar-refractivity contribution in [2.45, 2.75) is 32.4 Å². The Morgan fingerprint density at radius 3 is 2.74 bits per heavy atom. The molecule has 2 rings (SSSR count). The van der Waals surface area contributed by atoms with Gasteiger partial charge in [-0.1, -0.05) is 30.3 Å². The summed E-state index contributed by atoms with van der Waals surface area (Å²) in [5.41, 5.74) is 0.936. The summed E-state index contributed by atoms with van der Waals surface area (Å²) >= 11 is 0. The van der Waals surface area contributed by atoms with Crippen molar-refractivity contribution in [2.75, 3.05) is 19.7 Å². The second kappa shape index (κ2) is 8.31. The highest BCUT2D eigenvalue weighted by Crippen LogP contribution is 2.21. The zero-order valence-electron chi connectivity index (χ0n) is 13.3. The number of ether oxygens (including phenoxy) is 1. The number of amides is 2. The number of carbonyl (C=O) groups excluding carboxylic acids is 3. The van der Waals surface area contributed by atoms with Crippen LogP contribution in [0.5, 0.6) is 0 Å². The van der Waals surface area contributed by atoms with Crippen molar-refractivity contribution in [1.82, 2.24) is 9.80 Å². The highest BCUT2D eigenvalue weighted by molar-refractivity contribution is 5.80. The molecule has 0 saturated carbocycles. The van der Waals surface area contributed by atoms with Gasteiger partial charge < -0.3 is 14.5 Å². The van der Waals surface area contributed by atoms with Gasteiger partial charge in [0, 0.05) is 6.54 Å². The molecule has 0 aromatic heterocycles. The topological polar surface area (TPSA) is 66.9 Å². The molecule has 1 aromatic carbocycles. The molecule has 1 unspecified atom stereocenters. The Morgan fingerprint density at radius 2 is 2.09 bits per heavy atom. The smallest absolute Gasteiger partial charge is 0.325 e. The third-order valence-electron chi connectivity index (χ3n) is 3.87. The van der Waals surface area contributed by atoms with Crippen LogP contribution in [0.4, 0.5) is 0 Å². The average molecular weight is 318 g/mol. The van der Waals surface area contributed by atoms with Crippen LogP contribution in [0, 0.1) is 0 Å². The first-order valence-corrected chi connectivity index (χ1v) is 7.85. The highest BCUT2D eigenvalue weighted by atomic mass is 16.5. The zero-order valence-corrected chi connectivity index (χ0v) is 13.3. The summed E-state index contributed by atoms with van der Waals surface area (Å²) < 4.78 is 4.88. The molecule has 1 atom stereocenters. The number of hydrogen-bond acceptors (Lipinski definition) is 4. The van der Waals surface area contributed by atoms with Gasteiger partial charge in [-0.2, -0.15) is 0 Å². The molecule has 1 fully saturated rings. The van der Waals surface area contributed by atoms with Crippen LogP contribution in [0.3, 0.4) is 0 Å². The molecule has 23 heavy (non-hydrogen) atoms. The van der Waals surface area contributed by atoms with Crippen molar-refractivity contribution in [2.24, 2.45) is 0 Å². The summed E-state index contributed by atoms with van der Waals surface area (Å²) in [7, 11) is 0. The predicted octanol–water partition coefficient (Wildman–Crippen LogP) is 1.20. The van der Waals surface area contributed by atoms with Gasteiger partial charge in [0.05, 0.1) is 13.0 Å². The van der Waals surface area contributed by atoms with Crippen LogP contribution in [0.1, 0.15) is 25.3 Å². The number of likely N-dealkylation sites (tertiary alicyclic amines) is 1. The minimum absolute atomic E-state index is 0.0330. The van der Waals surface area contributed by atoms with Crippen LogP contribution in [0.2, 0.25) is 0 Å². The van der Waals surface area contributed by atoms with Gasteiger partial charge in [-0.05, 0) is 25.3 Å². The maximum absolute atomic E-state index is 12.5. The van der Waals surface area contributed by atoms with Gasteiger partial charge in [-0.3, -0.25) is 14.4 Å². The van der Waals surface area contributed by atoms with E-state index in [1.807, 2.05) is 30.3 Å². The normalized spacial score (nSPS) is 16.9. The molecule has 1 aliphatic rings.